The second kappa shape index (κ2) is 8.72. The summed E-state index contributed by atoms with van der Waals surface area (Å²) in [4.78, 5) is 0. The molecule has 0 bridgehead atoms. The molecule has 0 aliphatic carbocycles. The summed E-state index contributed by atoms with van der Waals surface area (Å²) in [6, 6.07) is 24.0. The van der Waals surface area contributed by atoms with Crippen molar-refractivity contribution in [2.24, 2.45) is 0 Å². The van der Waals surface area contributed by atoms with E-state index >= 15 is 0 Å². The SMILES string of the molecule is C=Cc1ccc(COc2ccc(OCc3ccc(C=C)cc3)cc2)cc1. The first-order chi connectivity index (χ1) is 12.8. The highest BCUT2D eigenvalue weighted by molar-refractivity contribution is 5.47. The van der Waals surface area contributed by atoms with Gasteiger partial charge in [0, 0.05) is 0 Å². The minimum Gasteiger partial charge on any atom is -0.489 e. The lowest BCUT2D eigenvalue weighted by Gasteiger charge is -2.09. The van der Waals surface area contributed by atoms with Crippen LogP contribution in [0.4, 0.5) is 0 Å². The Morgan fingerprint density at radius 1 is 0.538 bits per heavy atom. The van der Waals surface area contributed by atoms with E-state index in [9.17, 15) is 0 Å². The van der Waals surface area contributed by atoms with Crippen LogP contribution in [0.15, 0.2) is 86.0 Å². The van der Waals surface area contributed by atoms with Crippen molar-refractivity contribution in [3.8, 4) is 11.5 Å². The van der Waals surface area contributed by atoms with Gasteiger partial charge in [-0.1, -0.05) is 73.8 Å². The molecule has 0 amide bonds. The standard InChI is InChI=1S/C24H22O2/c1-3-19-5-9-21(10-6-19)17-25-23-13-15-24(16-14-23)26-18-22-11-7-20(4-2)8-12-22/h3-16H,1-2,17-18H2. The van der Waals surface area contributed by atoms with Gasteiger partial charge in [0.25, 0.3) is 0 Å². The van der Waals surface area contributed by atoms with E-state index < -0.39 is 0 Å². The van der Waals surface area contributed by atoms with Gasteiger partial charge in [0.05, 0.1) is 0 Å². The lowest BCUT2D eigenvalue weighted by Crippen LogP contribution is -1.97. The number of rotatable bonds is 8. The largest absolute Gasteiger partial charge is 0.489 e. The molecule has 26 heavy (non-hydrogen) atoms. The summed E-state index contributed by atoms with van der Waals surface area (Å²) >= 11 is 0. The van der Waals surface area contributed by atoms with Crippen LogP contribution >= 0.6 is 0 Å². The quantitative estimate of drug-likeness (QED) is 0.490. The fourth-order valence-corrected chi connectivity index (χ4v) is 2.47. The third kappa shape index (κ3) is 4.87. The molecule has 130 valence electrons. The van der Waals surface area contributed by atoms with Gasteiger partial charge in [0.1, 0.15) is 24.7 Å². The Hall–Kier alpha value is -3.26. The van der Waals surface area contributed by atoms with E-state index in [1.807, 2.05) is 84.9 Å². The molecule has 0 heterocycles. The van der Waals surface area contributed by atoms with Crippen LogP contribution in [0, 0.1) is 0 Å². The summed E-state index contributed by atoms with van der Waals surface area (Å²) in [5.74, 6) is 1.64. The molecule has 3 aromatic carbocycles. The lowest BCUT2D eigenvalue weighted by atomic mass is 10.1. The van der Waals surface area contributed by atoms with Gasteiger partial charge in [0.15, 0.2) is 0 Å². The van der Waals surface area contributed by atoms with E-state index in [2.05, 4.69) is 13.2 Å². The smallest absolute Gasteiger partial charge is 0.120 e. The minimum absolute atomic E-state index is 0.535. The van der Waals surface area contributed by atoms with Crippen LogP contribution in [-0.4, -0.2) is 0 Å². The van der Waals surface area contributed by atoms with E-state index in [1.165, 1.54) is 0 Å². The van der Waals surface area contributed by atoms with Crippen LogP contribution in [0.5, 0.6) is 11.5 Å². The Balaban J connectivity index is 1.50. The molecule has 0 atom stereocenters. The minimum atomic E-state index is 0.535. The Morgan fingerprint density at radius 2 is 0.885 bits per heavy atom. The molecule has 0 unspecified atom stereocenters. The molecule has 2 heteroatoms. The van der Waals surface area contributed by atoms with Crippen molar-refractivity contribution in [1.82, 2.24) is 0 Å². The van der Waals surface area contributed by atoms with Gasteiger partial charge in [-0.15, -0.1) is 0 Å². The number of hydrogen-bond donors (Lipinski definition) is 0. The number of benzene rings is 3. The van der Waals surface area contributed by atoms with Crippen LogP contribution in [0.1, 0.15) is 22.3 Å². The summed E-state index contributed by atoms with van der Waals surface area (Å²) in [7, 11) is 0. The third-order valence-electron chi connectivity index (χ3n) is 4.07. The van der Waals surface area contributed by atoms with Crippen LogP contribution in [0.2, 0.25) is 0 Å². The van der Waals surface area contributed by atoms with Crippen molar-refractivity contribution in [2.45, 2.75) is 13.2 Å². The molecule has 3 aromatic rings. The van der Waals surface area contributed by atoms with E-state index in [0.717, 1.165) is 33.8 Å². The van der Waals surface area contributed by atoms with Gasteiger partial charge in [-0.05, 0) is 46.5 Å². The molecular weight excluding hydrogens is 320 g/mol. The van der Waals surface area contributed by atoms with Crippen molar-refractivity contribution in [1.29, 1.82) is 0 Å². The van der Waals surface area contributed by atoms with Crippen molar-refractivity contribution < 1.29 is 9.47 Å². The molecule has 2 nitrogen and oxygen atoms in total. The third-order valence-corrected chi connectivity index (χ3v) is 4.07. The molecule has 0 N–H and O–H groups in total. The predicted molar refractivity (Wildman–Crippen MR) is 108 cm³/mol. The number of ether oxygens (including phenoxy) is 2. The monoisotopic (exact) mass is 342 g/mol. The first-order valence-corrected chi connectivity index (χ1v) is 8.55. The van der Waals surface area contributed by atoms with E-state index in [0.29, 0.717) is 13.2 Å². The Kier molecular flexibility index (Phi) is 5.89. The van der Waals surface area contributed by atoms with Crippen molar-refractivity contribution >= 4 is 12.2 Å². The topological polar surface area (TPSA) is 18.5 Å². The van der Waals surface area contributed by atoms with Crippen molar-refractivity contribution in [3.63, 3.8) is 0 Å². The van der Waals surface area contributed by atoms with E-state index in [1.54, 1.807) is 0 Å². The average molecular weight is 342 g/mol. The Morgan fingerprint density at radius 3 is 1.19 bits per heavy atom. The molecule has 0 saturated heterocycles. The summed E-state index contributed by atoms with van der Waals surface area (Å²) in [5.41, 5.74) is 4.46. The second-order valence-electron chi connectivity index (χ2n) is 5.94. The van der Waals surface area contributed by atoms with E-state index in [-0.39, 0.29) is 0 Å². The zero-order valence-electron chi connectivity index (χ0n) is 14.7. The van der Waals surface area contributed by atoms with Crippen LogP contribution in [0.3, 0.4) is 0 Å². The van der Waals surface area contributed by atoms with Crippen LogP contribution < -0.4 is 9.47 Å². The Labute approximate surface area is 155 Å². The molecule has 0 aliphatic heterocycles. The van der Waals surface area contributed by atoms with E-state index in [4.69, 9.17) is 9.47 Å². The van der Waals surface area contributed by atoms with Crippen LogP contribution in [0.25, 0.3) is 12.2 Å². The summed E-state index contributed by atoms with van der Waals surface area (Å²) in [6.07, 6.45) is 3.66. The molecule has 0 saturated carbocycles. The molecule has 0 aliphatic rings. The van der Waals surface area contributed by atoms with Crippen molar-refractivity contribution in [3.05, 3.63) is 108 Å². The number of hydrogen-bond acceptors (Lipinski definition) is 2. The fraction of sp³-hybridized carbons (Fsp3) is 0.0833. The van der Waals surface area contributed by atoms with Crippen LogP contribution in [-0.2, 0) is 13.2 Å². The normalized spacial score (nSPS) is 10.2. The zero-order chi connectivity index (χ0) is 18.2. The summed E-state index contributed by atoms with van der Waals surface area (Å²) < 4.78 is 11.6. The molecule has 3 rings (SSSR count). The zero-order valence-corrected chi connectivity index (χ0v) is 14.7. The van der Waals surface area contributed by atoms with Gasteiger partial charge in [-0.25, -0.2) is 0 Å². The molecule has 0 radical (unpaired) electrons. The van der Waals surface area contributed by atoms with Gasteiger partial charge in [-0.3, -0.25) is 0 Å². The van der Waals surface area contributed by atoms with Gasteiger partial charge in [-0.2, -0.15) is 0 Å². The molecule has 0 spiro atoms. The molecule has 0 fully saturated rings. The van der Waals surface area contributed by atoms with Gasteiger partial charge < -0.3 is 9.47 Å². The lowest BCUT2D eigenvalue weighted by molar-refractivity contribution is 0.297. The second-order valence-corrected chi connectivity index (χ2v) is 5.94. The fourth-order valence-electron chi connectivity index (χ4n) is 2.47. The molecule has 0 aromatic heterocycles. The highest BCUT2D eigenvalue weighted by Gasteiger charge is 2.00. The van der Waals surface area contributed by atoms with Gasteiger partial charge >= 0.3 is 0 Å². The highest BCUT2D eigenvalue weighted by Crippen LogP contribution is 2.20. The predicted octanol–water partition coefficient (Wildman–Crippen LogP) is 6.13. The maximum absolute atomic E-state index is 5.82. The Bertz CT molecular complexity index is 770. The summed E-state index contributed by atoms with van der Waals surface area (Å²) in [6.45, 7) is 8.58. The highest BCUT2D eigenvalue weighted by atomic mass is 16.5. The average Bonchev–Trinajstić information content (AvgIpc) is 2.72. The molecular formula is C24H22O2. The first-order valence-electron chi connectivity index (χ1n) is 8.55. The van der Waals surface area contributed by atoms with Crippen molar-refractivity contribution in [2.75, 3.05) is 0 Å². The summed E-state index contributed by atoms with van der Waals surface area (Å²) in [5, 5.41) is 0. The van der Waals surface area contributed by atoms with Gasteiger partial charge in [0.2, 0.25) is 0 Å². The first kappa shape index (κ1) is 17.6. The maximum atomic E-state index is 5.82. The maximum Gasteiger partial charge on any atom is 0.120 e.